The number of anilines is 1. The number of Topliss-reactive ketones (excluding diaryl/α,β-unsaturated/α-hetero) is 1. The summed E-state index contributed by atoms with van der Waals surface area (Å²) in [5.41, 5.74) is 1.82. The second kappa shape index (κ2) is 8.02. The number of imidazole rings is 1. The van der Waals surface area contributed by atoms with Gasteiger partial charge in [0.05, 0.1) is 16.7 Å². The van der Waals surface area contributed by atoms with Crippen LogP contribution in [0.3, 0.4) is 0 Å². The fraction of sp³-hybridized carbons (Fsp3) is 0.167. The lowest BCUT2D eigenvalue weighted by atomic mass is 10.2. The number of carbonyl (C=O) groups excluding carboxylic acids is 2. The minimum absolute atomic E-state index is 0. The van der Waals surface area contributed by atoms with Crippen molar-refractivity contribution in [2.24, 2.45) is 10.2 Å². The number of H-pyrrole nitrogens is 2. The van der Waals surface area contributed by atoms with Crippen molar-refractivity contribution in [3.63, 3.8) is 0 Å². The molecule has 1 aromatic heterocycles. The van der Waals surface area contributed by atoms with E-state index >= 15 is 0 Å². The van der Waals surface area contributed by atoms with Crippen LogP contribution in [-0.2, 0) is 9.59 Å². The standard InChI is InChI=1S/C17H15N5O3.CH4/c1-10(23)15(22-21-11-5-3-2-4-6-11)16(24)18-12-7-8-13-14(9-12)20-17(25)19-13;/h2-9,15H,1H3,(H,18,24)(H2,19,20,25);1H4. The molecule has 134 valence electrons. The average molecular weight is 353 g/mol. The average Bonchev–Trinajstić information content (AvgIpc) is 2.95. The van der Waals surface area contributed by atoms with Crippen LogP contribution in [0.25, 0.3) is 11.0 Å². The maximum absolute atomic E-state index is 12.4. The predicted octanol–water partition coefficient (Wildman–Crippen LogP) is 3.17. The van der Waals surface area contributed by atoms with E-state index < -0.39 is 17.7 Å². The molecule has 3 rings (SSSR count). The van der Waals surface area contributed by atoms with Crippen molar-refractivity contribution in [3.05, 3.63) is 59.0 Å². The van der Waals surface area contributed by atoms with Crippen molar-refractivity contribution in [2.75, 3.05) is 5.32 Å². The first-order chi connectivity index (χ1) is 12.0. The van der Waals surface area contributed by atoms with Crippen LogP contribution >= 0.6 is 0 Å². The molecule has 8 nitrogen and oxygen atoms in total. The zero-order valence-electron chi connectivity index (χ0n) is 13.3. The normalized spacial score (nSPS) is 11.9. The first-order valence-corrected chi connectivity index (χ1v) is 7.52. The number of benzene rings is 2. The Morgan fingerprint density at radius 2 is 1.73 bits per heavy atom. The lowest BCUT2D eigenvalue weighted by molar-refractivity contribution is -0.126. The van der Waals surface area contributed by atoms with Crippen molar-refractivity contribution in [1.29, 1.82) is 0 Å². The molecular formula is C18H19N5O3. The highest BCUT2D eigenvalue weighted by Crippen LogP contribution is 2.16. The number of rotatable bonds is 5. The van der Waals surface area contributed by atoms with Gasteiger partial charge in [0.2, 0.25) is 6.04 Å². The molecule has 3 aromatic rings. The van der Waals surface area contributed by atoms with E-state index in [0.717, 1.165) is 0 Å². The van der Waals surface area contributed by atoms with Gasteiger partial charge in [0, 0.05) is 5.69 Å². The van der Waals surface area contributed by atoms with Gasteiger partial charge < -0.3 is 15.3 Å². The number of nitrogens with zero attached hydrogens (tertiary/aromatic N) is 2. The Morgan fingerprint density at radius 3 is 2.42 bits per heavy atom. The minimum Gasteiger partial charge on any atom is -0.324 e. The molecule has 1 amide bonds. The largest absolute Gasteiger partial charge is 0.324 e. The van der Waals surface area contributed by atoms with Gasteiger partial charge in [-0.2, -0.15) is 10.2 Å². The second-order valence-corrected chi connectivity index (χ2v) is 5.39. The number of aromatic nitrogens is 2. The molecule has 26 heavy (non-hydrogen) atoms. The third-order valence-electron chi connectivity index (χ3n) is 3.46. The van der Waals surface area contributed by atoms with Gasteiger partial charge in [0.15, 0.2) is 5.78 Å². The molecule has 0 aliphatic heterocycles. The van der Waals surface area contributed by atoms with Gasteiger partial charge in [-0.15, -0.1) is 0 Å². The van der Waals surface area contributed by atoms with E-state index in [2.05, 4.69) is 25.5 Å². The van der Waals surface area contributed by atoms with Crippen molar-refractivity contribution in [2.45, 2.75) is 20.4 Å². The molecule has 2 aromatic carbocycles. The molecule has 3 N–H and O–H groups in total. The number of nitrogens with one attached hydrogen (secondary N) is 3. The summed E-state index contributed by atoms with van der Waals surface area (Å²) in [6, 6.07) is 12.4. The lowest BCUT2D eigenvalue weighted by Crippen LogP contribution is -2.31. The Morgan fingerprint density at radius 1 is 1.04 bits per heavy atom. The van der Waals surface area contributed by atoms with E-state index in [9.17, 15) is 14.4 Å². The number of azo groups is 1. The van der Waals surface area contributed by atoms with Gasteiger partial charge in [-0.25, -0.2) is 4.79 Å². The SMILES string of the molecule is C.CC(=O)C(N=Nc1ccccc1)C(=O)Nc1ccc2[nH]c(=O)[nH]c2c1. The van der Waals surface area contributed by atoms with Crippen LogP contribution in [0.4, 0.5) is 11.4 Å². The van der Waals surface area contributed by atoms with Crippen LogP contribution in [0, 0.1) is 0 Å². The predicted molar refractivity (Wildman–Crippen MR) is 99.7 cm³/mol. The van der Waals surface area contributed by atoms with Crippen molar-refractivity contribution >= 4 is 34.1 Å². The monoisotopic (exact) mass is 353 g/mol. The highest BCUT2D eigenvalue weighted by Gasteiger charge is 2.23. The number of fused-ring (bicyclic) bond motifs is 1. The maximum atomic E-state index is 12.4. The Balaban J connectivity index is 0.00000243. The van der Waals surface area contributed by atoms with Gasteiger partial charge in [0.25, 0.3) is 5.91 Å². The lowest BCUT2D eigenvalue weighted by Gasteiger charge is -2.09. The van der Waals surface area contributed by atoms with E-state index in [-0.39, 0.29) is 13.1 Å². The van der Waals surface area contributed by atoms with Gasteiger partial charge in [-0.05, 0) is 37.3 Å². The molecule has 1 unspecified atom stereocenters. The van der Waals surface area contributed by atoms with Crippen LogP contribution in [0.5, 0.6) is 0 Å². The minimum atomic E-state index is -1.25. The van der Waals surface area contributed by atoms with E-state index in [0.29, 0.717) is 22.4 Å². The summed E-state index contributed by atoms with van der Waals surface area (Å²) in [5, 5.41) is 10.4. The maximum Gasteiger partial charge on any atom is 0.323 e. The molecule has 8 heteroatoms. The third-order valence-corrected chi connectivity index (χ3v) is 3.46. The van der Waals surface area contributed by atoms with Crippen molar-refractivity contribution < 1.29 is 9.59 Å². The zero-order valence-corrected chi connectivity index (χ0v) is 13.3. The highest BCUT2D eigenvalue weighted by atomic mass is 16.2. The molecule has 0 saturated heterocycles. The fourth-order valence-corrected chi connectivity index (χ4v) is 2.26. The number of hydrogen-bond acceptors (Lipinski definition) is 5. The molecule has 0 aliphatic carbocycles. The highest BCUT2D eigenvalue weighted by molar-refractivity contribution is 6.10. The van der Waals surface area contributed by atoms with E-state index in [4.69, 9.17) is 0 Å². The molecule has 0 saturated carbocycles. The van der Waals surface area contributed by atoms with Crippen LogP contribution in [0.15, 0.2) is 63.6 Å². The van der Waals surface area contributed by atoms with E-state index in [1.807, 2.05) is 6.07 Å². The topological polar surface area (TPSA) is 120 Å². The first kappa shape index (κ1) is 18.8. The summed E-state index contributed by atoms with van der Waals surface area (Å²) in [4.78, 5) is 40.6. The Bertz CT molecular complexity index is 1000. The third kappa shape index (κ3) is 4.29. The van der Waals surface area contributed by atoms with Gasteiger partial charge in [-0.3, -0.25) is 9.59 Å². The van der Waals surface area contributed by atoms with Crippen LogP contribution in [-0.4, -0.2) is 27.7 Å². The number of hydrogen-bond donors (Lipinski definition) is 3. The van der Waals surface area contributed by atoms with E-state index in [1.165, 1.54) is 6.92 Å². The smallest absolute Gasteiger partial charge is 0.323 e. The Labute approximate surface area is 149 Å². The molecular weight excluding hydrogens is 334 g/mol. The van der Waals surface area contributed by atoms with Crippen molar-refractivity contribution in [3.8, 4) is 0 Å². The van der Waals surface area contributed by atoms with Gasteiger partial charge in [-0.1, -0.05) is 25.6 Å². The van der Waals surface area contributed by atoms with Gasteiger partial charge >= 0.3 is 5.69 Å². The van der Waals surface area contributed by atoms with Crippen LogP contribution in [0.2, 0.25) is 0 Å². The van der Waals surface area contributed by atoms with Crippen molar-refractivity contribution in [1.82, 2.24) is 9.97 Å². The Hall–Kier alpha value is -3.55. The number of ketones is 1. The summed E-state index contributed by atoms with van der Waals surface area (Å²) in [7, 11) is 0. The fourth-order valence-electron chi connectivity index (χ4n) is 2.26. The molecule has 0 spiro atoms. The molecule has 1 heterocycles. The second-order valence-electron chi connectivity index (χ2n) is 5.39. The quantitative estimate of drug-likeness (QED) is 0.482. The van der Waals surface area contributed by atoms with Crippen LogP contribution < -0.4 is 11.0 Å². The Kier molecular flexibility index (Phi) is 5.79. The summed E-state index contributed by atoms with van der Waals surface area (Å²) >= 11 is 0. The molecule has 0 aliphatic rings. The summed E-state index contributed by atoms with van der Waals surface area (Å²) < 4.78 is 0. The number of amides is 1. The summed E-state index contributed by atoms with van der Waals surface area (Å²) in [5.74, 6) is -1.02. The zero-order chi connectivity index (χ0) is 17.8. The summed E-state index contributed by atoms with van der Waals surface area (Å²) in [6.07, 6.45) is 0. The molecule has 1 atom stereocenters. The summed E-state index contributed by atoms with van der Waals surface area (Å²) in [6.45, 7) is 1.28. The molecule has 0 fully saturated rings. The van der Waals surface area contributed by atoms with Gasteiger partial charge in [0.1, 0.15) is 0 Å². The molecule has 0 radical (unpaired) electrons. The number of carbonyl (C=O) groups is 2. The van der Waals surface area contributed by atoms with Crippen LogP contribution in [0.1, 0.15) is 14.4 Å². The first-order valence-electron chi connectivity index (χ1n) is 7.52. The number of aromatic amines is 2. The molecule has 0 bridgehead atoms. The van der Waals surface area contributed by atoms with E-state index in [1.54, 1.807) is 42.5 Å².